The lowest BCUT2D eigenvalue weighted by molar-refractivity contribution is 0.0692. The van der Waals surface area contributed by atoms with Gasteiger partial charge in [0, 0.05) is 23.7 Å². The first-order valence-electron chi connectivity index (χ1n) is 6.57. The summed E-state index contributed by atoms with van der Waals surface area (Å²) in [7, 11) is 0. The predicted molar refractivity (Wildman–Crippen MR) is 82.2 cm³/mol. The molecule has 2 N–H and O–H groups in total. The van der Waals surface area contributed by atoms with Gasteiger partial charge >= 0.3 is 5.97 Å². The summed E-state index contributed by atoms with van der Waals surface area (Å²) in [5.41, 5.74) is 0.445. The van der Waals surface area contributed by atoms with Gasteiger partial charge in [0.15, 0.2) is 0 Å². The van der Waals surface area contributed by atoms with Crippen molar-refractivity contribution in [2.24, 2.45) is 0 Å². The maximum absolute atomic E-state index is 13.5. The van der Waals surface area contributed by atoms with Crippen molar-refractivity contribution in [2.75, 3.05) is 12.3 Å². The Bertz CT molecular complexity index is 604. The lowest BCUT2D eigenvalue weighted by Crippen LogP contribution is -2.16. The standard InChI is InChI=1S/C16H16FNO2S/c17-15-10-12(6-7-14(15)16(19)20)11-18-8-9-21-13-4-2-1-3-5-13/h1-7,10,18H,8-9,11H2,(H,19,20). The molecule has 0 aliphatic carbocycles. The normalized spacial score (nSPS) is 10.5. The largest absolute Gasteiger partial charge is 0.478 e. The smallest absolute Gasteiger partial charge is 0.338 e. The van der Waals surface area contributed by atoms with Crippen molar-refractivity contribution >= 4 is 17.7 Å². The Morgan fingerprint density at radius 3 is 2.62 bits per heavy atom. The van der Waals surface area contributed by atoms with Gasteiger partial charge in [-0.15, -0.1) is 11.8 Å². The van der Waals surface area contributed by atoms with Crippen LogP contribution in [0.3, 0.4) is 0 Å². The first-order chi connectivity index (χ1) is 10.2. The van der Waals surface area contributed by atoms with Gasteiger partial charge in [0.25, 0.3) is 0 Å². The molecular weight excluding hydrogens is 289 g/mol. The molecule has 0 spiro atoms. The third-order valence-electron chi connectivity index (χ3n) is 2.88. The van der Waals surface area contributed by atoms with Crippen molar-refractivity contribution in [3.63, 3.8) is 0 Å². The highest BCUT2D eigenvalue weighted by molar-refractivity contribution is 7.99. The summed E-state index contributed by atoms with van der Waals surface area (Å²) in [6, 6.07) is 14.3. The zero-order chi connectivity index (χ0) is 15.1. The van der Waals surface area contributed by atoms with Gasteiger partial charge < -0.3 is 10.4 Å². The molecule has 21 heavy (non-hydrogen) atoms. The number of hydrogen-bond donors (Lipinski definition) is 2. The number of rotatable bonds is 7. The molecule has 0 aromatic heterocycles. The second-order valence-corrected chi connectivity index (χ2v) is 5.63. The second-order valence-electron chi connectivity index (χ2n) is 4.46. The Morgan fingerprint density at radius 1 is 1.19 bits per heavy atom. The number of halogens is 1. The van der Waals surface area contributed by atoms with Crippen LogP contribution in [0.5, 0.6) is 0 Å². The number of carboxylic acid groups (broad SMARTS) is 1. The van der Waals surface area contributed by atoms with E-state index >= 15 is 0 Å². The minimum Gasteiger partial charge on any atom is -0.478 e. The van der Waals surface area contributed by atoms with Gasteiger partial charge in [0.1, 0.15) is 5.82 Å². The van der Waals surface area contributed by atoms with E-state index in [1.165, 1.54) is 17.0 Å². The Morgan fingerprint density at radius 2 is 1.95 bits per heavy atom. The average Bonchev–Trinajstić information content (AvgIpc) is 2.47. The van der Waals surface area contributed by atoms with Gasteiger partial charge in [0.05, 0.1) is 5.56 Å². The molecule has 110 valence electrons. The summed E-state index contributed by atoms with van der Waals surface area (Å²) >= 11 is 1.75. The zero-order valence-electron chi connectivity index (χ0n) is 11.4. The van der Waals surface area contributed by atoms with E-state index < -0.39 is 11.8 Å². The van der Waals surface area contributed by atoms with Crippen LogP contribution in [0.25, 0.3) is 0 Å². The van der Waals surface area contributed by atoms with E-state index in [-0.39, 0.29) is 5.56 Å². The maximum Gasteiger partial charge on any atom is 0.338 e. The van der Waals surface area contributed by atoms with Crippen LogP contribution in [0.1, 0.15) is 15.9 Å². The van der Waals surface area contributed by atoms with Crippen molar-refractivity contribution in [1.82, 2.24) is 5.32 Å². The number of carbonyl (C=O) groups is 1. The number of hydrogen-bond acceptors (Lipinski definition) is 3. The molecule has 0 amide bonds. The molecule has 2 aromatic carbocycles. The van der Waals surface area contributed by atoms with Gasteiger partial charge in [-0.1, -0.05) is 24.3 Å². The van der Waals surface area contributed by atoms with Gasteiger partial charge in [-0.05, 0) is 29.8 Å². The van der Waals surface area contributed by atoms with Crippen LogP contribution in [-0.4, -0.2) is 23.4 Å². The average molecular weight is 305 g/mol. The molecule has 0 saturated carbocycles. The molecule has 2 rings (SSSR count). The van der Waals surface area contributed by atoms with E-state index in [1.54, 1.807) is 17.8 Å². The molecule has 5 heteroatoms. The Balaban J connectivity index is 1.74. The van der Waals surface area contributed by atoms with Crippen LogP contribution < -0.4 is 5.32 Å². The molecular formula is C16H16FNO2S. The number of benzene rings is 2. The third kappa shape index (κ3) is 4.88. The lowest BCUT2D eigenvalue weighted by atomic mass is 10.1. The topological polar surface area (TPSA) is 49.3 Å². The van der Waals surface area contributed by atoms with Gasteiger partial charge in [0.2, 0.25) is 0 Å². The van der Waals surface area contributed by atoms with Crippen molar-refractivity contribution < 1.29 is 14.3 Å². The van der Waals surface area contributed by atoms with E-state index in [2.05, 4.69) is 17.4 Å². The Kier molecular flexibility index (Phi) is 5.78. The van der Waals surface area contributed by atoms with E-state index in [0.29, 0.717) is 6.54 Å². The minimum absolute atomic E-state index is 0.293. The maximum atomic E-state index is 13.5. The van der Waals surface area contributed by atoms with Gasteiger partial charge in [-0.2, -0.15) is 0 Å². The number of thioether (sulfide) groups is 1. The van der Waals surface area contributed by atoms with E-state index in [0.717, 1.165) is 17.9 Å². The molecule has 0 saturated heterocycles. The molecule has 0 aliphatic heterocycles. The SMILES string of the molecule is O=C(O)c1ccc(CNCCSc2ccccc2)cc1F. The van der Waals surface area contributed by atoms with E-state index in [4.69, 9.17) is 5.11 Å². The van der Waals surface area contributed by atoms with Crippen LogP contribution >= 0.6 is 11.8 Å². The number of aromatic carboxylic acids is 1. The summed E-state index contributed by atoms with van der Waals surface area (Å²) < 4.78 is 13.5. The van der Waals surface area contributed by atoms with Crippen LogP contribution in [0, 0.1) is 5.82 Å². The van der Waals surface area contributed by atoms with Crippen molar-refractivity contribution in [1.29, 1.82) is 0 Å². The molecule has 0 heterocycles. The fourth-order valence-corrected chi connectivity index (χ4v) is 2.66. The fourth-order valence-electron chi connectivity index (χ4n) is 1.83. The van der Waals surface area contributed by atoms with E-state index in [1.807, 2.05) is 18.2 Å². The molecule has 0 aliphatic rings. The van der Waals surface area contributed by atoms with Crippen LogP contribution in [0.2, 0.25) is 0 Å². The molecule has 2 aromatic rings. The summed E-state index contributed by atoms with van der Waals surface area (Å²) in [5, 5.41) is 12.0. The zero-order valence-corrected chi connectivity index (χ0v) is 12.2. The molecule has 3 nitrogen and oxygen atoms in total. The summed E-state index contributed by atoms with van der Waals surface area (Å²) in [6.45, 7) is 1.31. The van der Waals surface area contributed by atoms with Crippen molar-refractivity contribution in [3.8, 4) is 0 Å². The first kappa shape index (κ1) is 15.5. The molecule has 0 unspecified atom stereocenters. The molecule has 0 radical (unpaired) electrons. The minimum atomic E-state index is -1.24. The molecule has 0 fully saturated rings. The monoisotopic (exact) mass is 305 g/mol. The highest BCUT2D eigenvalue weighted by Crippen LogP contribution is 2.16. The van der Waals surface area contributed by atoms with Crippen molar-refractivity contribution in [3.05, 3.63) is 65.5 Å². The Labute approximate surface area is 127 Å². The predicted octanol–water partition coefficient (Wildman–Crippen LogP) is 3.41. The highest BCUT2D eigenvalue weighted by atomic mass is 32.2. The fraction of sp³-hybridized carbons (Fsp3) is 0.188. The van der Waals surface area contributed by atoms with Gasteiger partial charge in [-0.25, -0.2) is 9.18 Å². The van der Waals surface area contributed by atoms with Crippen LogP contribution in [-0.2, 0) is 6.54 Å². The quantitative estimate of drug-likeness (QED) is 0.608. The van der Waals surface area contributed by atoms with Crippen LogP contribution in [0.15, 0.2) is 53.4 Å². The van der Waals surface area contributed by atoms with Crippen LogP contribution in [0.4, 0.5) is 4.39 Å². The summed E-state index contributed by atoms with van der Waals surface area (Å²) in [4.78, 5) is 11.9. The van der Waals surface area contributed by atoms with E-state index in [9.17, 15) is 9.18 Å². The Hall–Kier alpha value is -1.85. The van der Waals surface area contributed by atoms with Crippen molar-refractivity contribution in [2.45, 2.75) is 11.4 Å². The third-order valence-corrected chi connectivity index (χ3v) is 3.90. The number of nitrogens with one attached hydrogen (secondary N) is 1. The molecule has 0 bridgehead atoms. The molecule has 0 atom stereocenters. The number of carboxylic acids is 1. The summed E-state index contributed by atoms with van der Waals surface area (Å²) in [5.74, 6) is -1.02. The first-order valence-corrected chi connectivity index (χ1v) is 7.55. The summed E-state index contributed by atoms with van der Waals surface area (Å²) in [6.07, 6.45) is 0. The van der Waals surface area contributed by atoms with Gasteiger partial charge in [-0.3, -0.25) is 0 Å². The second kappa shape index (κ2) is 7.81. The highest BCUT2D eigenvalue weighted by Gasteiger charge is 2.09. The lowest BCUT2D eigenvalue weighted by Gasteiger charge is -2.06.